The molecule has 148 valence electrons. The number of benzene rings is 2. The molecule has 7 heteroatoms. The molecule has 0 fully saturated rings. The molecule has 0 aliphatic carbocycles. The van der Waals surface area contributed by atoms with Crippen LogP contribution >= 0.6 is 35.7 Å². The van der Waals surface area contributed by atoms with Crippen molar-refractivity contribution < 1.29 is 9.47 Å². The highest BCUT2D eigenvalue weighted by atomic mass is 127. The normalized spacial score (nSPS) is 11.9. The molecule has 0 saturated carbocycles. The van der Waals surface area contributed by atoms with E-state index in [4.69, 9.17) is 9.47 Å². The first-order valence-electron chi connectivity index (χ1n) is 8.54. The van der Waals surface area contributed by atoms with E-state index in [0.717, 1.165) is 29.6 Å². The van der Waals surface area contributed by atoms with Crippen molar-refractivity contribution in [2.75, 3.05) is 27.8 Å². The molecule has 0 aromatic heterocycles. The highest BCUT2D eigenvalue weighted by Gasteiger charge is 2.10. The first-order chi connectivity index (χ1) is 12.7. The van der Waals surface area contributed by atoms with E-state index in [1.807, 2.05) is 36.0 Å². The zero-order valence-corrected chi connectivity index (χ0v) is 19.3. The van der Waals surface area contributed by atoms with Gasteiger partial charge in [-0.25, -0.2) is 0 Å². The lowest BCUT2D eigenvalue weighted by molar-refractivity contribution is 0.351. The first-order valence-corrected chi connectivity index (χ1v) is 9.42. The van der Waals surface area contributed by atoms with Crippen molar-refractivity contribution in [3.8, 4) is 11.5 Å². The fraction of sp³-hybridized carbons (Fsp3) is 0.350. The molecule has 1 unspecified atom stereocenters. The molecule has 27 heavy (non-hydrogen) atoms. The van der Waals surface area contributed by atoms with Crippen molar-refractivity contribution >= 4 is 41.7 Å². The van der Waals surface area contributed by atoms with E-state index in [2.05, 4.69) is 46.8 Å². The maximum Gasteiger partial charge on any atom is 0.191 e. The van der Waals surface area contributed by atoms with Crippen molar-refractivity contribution in [1.82, 2.24) is 10.6 Å². The average molecular weight is 501 g/mol. The average Bonchev–Trinajstić information content (AvgIpc) is 2.68. The third-order valence-electron chi connectivity index (χ3n) is 3.79. The summed E-state index contributed by atoms with van der Waals surface area (Å²) >= 11 is 1.84. The van der Waals surface area contributed by atoms with Crippen LogP contribution in [0.4, 0.5) is 0 Å². The molecular weight excluding hydrogens is 473 g/mol. The highest BCUT2D eigenvalue weighted by Crippen LogP contribution is 2.30. The minimum atomic E-state index is 0. The van der Waals surface area contributed by atoms with Gasteiger partial charge in [0, 0.05) is 35.8 Å². The minimum Gasteiger partial charge on any atom is -0.493 e. The number of hydrogen-bond acceptors (Lipinski definition) is 4. The van der Waals surface area contributed by atoms with E-state index in [1.165, 1.54) is 4.90 Å². The molecule has 2 aromatic carbocycles. The minimum absolute atomic E-state index is 0. The van der Waals surface area contributed by atoms with Crippen LogP contribution in [0.25, 0.3) is 0 Å². The molecule has 0 saturated heterocycles. The van der Waals surface area contributed by atoms with Gasteiger partial charge in [0.15, 0.2) is 17.5 Å². The predicted molar refractivity (Wildman–Crippen MR) is 125 cm³/mol. The number of aliphatic imine (C=N–C) groups is 1. The molecule has 0 spiro atoms. The standard InChI is InChI=1S/C20H27N3O2S.HI/c1-15(26-17-10-6-5-7-11-17)13-22-20(21-2)23-14-16-9-8-12-18(24-3)19(16)25-4;/h5-12,15H,13-14H2,1-4H3,(H2,21,22,23);1H. The third kappa shape index (κ3) is 7.50. The van der Waals surface area contributed by atoms with Gasteiger partial charge in [0.05, 0.1) is 14.2 Å². The summed E-state index contributed by atoms with van der Waals surface area (Å²) < 4.78 is 10.8. The molecule has 0 radical (unpaired) electrons. The maximum atomic E-state index is 5.47. The summed E-state index contributed by atoms with van der Waals surface area (Å²) in [5.41, 5.74) is 1.02. The van der Waals surface area contributed by atoms with E-state index in [9.17, 15) is 0 Å². The second-order valence-corrected chi connectivity index (χ2v) is 7.21. The maximum absolute atomic E-state index is 5.47. The van der Waals surface area contributed by atoms with Gasteiger partial charge < -0.3 is 20.1 Å². The number of thioether (sulfide) groups is 1. The molecule has 0 aliphatic heterocycles. The summed E-state index contributed by atoms with van der Waals surface area (Å²) in [7, 11) is 5.06. The Morgan fingerprint density at radius 2 is 1.78 bits per heavy atom. The number of nitrogens with one attached hydrogen (secondary N) is 2. The van der Waals surface area contributed by atoms with Crippen LogP contribution in [0.15, 0.2) is 58.4 Å². The lowest BCUT2D eigenvalue weighted by Gasteiger charge is -2.17. The van der Waals surface area contributed by atoms with Crippen LogP contribution in [0.1, 0.15) is 12.5 Å². The number of rotatable bonds is 8. The van der Waals surface area contributed by atoms with Gasteiger partial charge in [-0.1, -0.05) is 37.3 Å². The molecule has 2 N–H and O–H groups in total. The molecule has 2 rings (SSSR count). The van der Waals surface area contributed by atoms with E-state index in [-0.39, 0.29) is 24.0 Å². The van der Waals surface area contributed by atoms with Gasteiger partial charge in [0.1, 0.15) is 0 Å². The number of para-hydroxylation sites is 1. The Morgan fingerprint density at radius 3 is 2.41 bits per heavy atom. The molecule has 5 nitrogen and oxygen atoms in total. The molecule has 0 bridgehead atoms. The van der Waals surface area contributed by atoms with Crippen LogP contribution in [0.2, 0.25) is 0 Å². The van der Waals surface area contributed by atoms with Crippen molar-refractivity contribution in [2.24, 2.45) is 4.99 Å². The van der Waals surface area contributed by atoms with Crippen LogP contribution in [0.3, 0.4) is 0 Å². The fourth-order valence-corrected chi connectivity index (χ4v) is 3.45. The Balaban J connectivity index is 0.00000364. The number of ether oxygens (including phenoxy) is 2. The second-order valence-electron chi connectivity index (χ2n) is 5.70. The molecule has 0 aliphatic rings. The Hall–Kier alpha value is -1.61. The quantitative estimate of drug-likeness (QED) is 0.246. The number of halogens is 1. The van der Waals surface area contributed by atoms with Gasteiger partial charge in [0.25, 0.3) is 0 Å². The smallest absolute Gasteiger partial charge is 0.191 e. The largest absolute Gasteiger partial charge is 0.493 e. The van der Waals surface area contributed by atoms with Gasteiger partial charge in [-0.15, -0.1) is 35.7 Å². The van der Waals surface area contributed by atoms with Gasteiger partial charge in [-0.3, -0.25) is 4.99 Å². The molecule has 2 aromatic rings. The first kappa shape index (κ1) is 23.4. The number of nitrogens with zero attached hydrogens (tertiary/aromatic N) is 1. The van der Waals surface area contributed by atoms with E-state index >= 15 is 0 Å². The van der Waals surface area contributed by atoms with Gasteiger partial charge in [0.2, 0.25) is 0 Å². The van der Waals surface area contributed by atoms with Crippen LogP contribution in [0.5, 0.6) is 11.5 Å². The summed E-state index contributed by atoms with van der Waals surface area (Å²) in [4.78, 5) is 5.56. The summed E-state index contributed by atoms with van der Waals surface area (Å²) in [6.45, 7) is 3.61. The van der Waals surface area contributed by atoms with Gasteiger partial charge >= 0.3 is 0 Å². The van der Waals surface area contributed by atoms with Crippen molar-refractivity contribution in [3.05, 3.63) is 54.1 Å². The second kappa shape index (κ2) is 12.7. The summed E-state index contributed by atoms with van der Waals surface area (Å²) in [6, 6.07) is 16.3. The van der Waals surface area contributed by atoms with Crippen molar-refractivity contribution in [3.63, 3.8) is 0 Å². The third-order valence-corrected chi connectivity index (χ3v) is 4.91. The number of hydrogen-bond donors (Lipinski definition) is 2. The van der Waals surface area contributed by atoms with Gasteiger partial charge in [-0.2, -0.15) is 0 Å². The zero-order valence-electron chi connectivity index (χ0n) is 16.2. The zero-order chi connectivity index (χ0) is 18.8. The number of methoxy groups -OCH3 is 2. The Bertz CT molecular complexity index is 714. The molecule has 1 atom stereocenters. The Labute approximate surface area is 183 Å². The predicted octanol–water partition coefficient (Wildman–Crippen LogP) is 4.17. The summed E-state index contributed by atoms with van der Waals surface area (Å²) in [5, 5.41) is 7.12. The molecule has 0 heterocycles. The lowest BCUT2D eigenvalue weighted by Crippen LogP contribution is -2.39. The van der Waals surface area contributed by atoms with E-state index in [0.29, 0.717) is 11.8 Å². The van der Waals surface area contributed by atoms with Crippen LogP contribution < -0.4 is 20.1 Å². The van der Waals surface area contributed by atoms with Gasteiger partial charge in [-0.05, 0) is 18.2 Å². The summed E-state index contributed by atoms with van der Waals surface area (Å²) in [6.07, 6.45) is 0. The highest BCUT2D eigenvalue weighted by molar-refractivity contribution is 14.0. The Morgan fingerprint density at radius 1 is 1.04 bits per heavy atom. The van der Waals surface area contributed by atoms with Crippen molar-refractivity contribution in [1.29, 1.82) is 0 Å². The summed E-state index contributed by atoms with van der Waals surface area (Å²) in [5.74, 6) is 2.23. The fourth-order valence-electron chi connectivity index (χ4n) is 2.51. The molecule has 0 amide bonds. The SMILES string of the molecule is CN=C(NCc1cccc(OC)c1OC)NCC(C)Sc1ccccc1.I. The van der Waals surface area contributed by atoms with E-state index < -0.39 is 0 Å². The lowest BCUT2D eigenvalue weighted by atomic mass is 10.2. The topological polar surface area (TPSA) is 54.9 Å². The molecular formula is C20H28IN3O2S. The van der Waals surface area contributed by atoms with Crippen LogP contribution in [-0.4, -0.2) is 39.0 Å². The van der Waals surface area contributed by atoms with E-state index in [1.54, 1.807) is 21.3 Å². The van der Waals surface area contributed by atoms with Crippen molar-refractivity contribution in [2.45, 2.75) is 23.6 Å². The van der Waals surface area contributed by atoms with Crippen LogP contribution in [-0.2, 0) is 6.54 Å². The van der Waals surface area contributed by atoms with Crippen LogP contribution in [0, 0.1) is 0 Å². The monoisotopic (exact) mass is 501 g/mol. The number of guanidine groups is 1. The Kier molecular flexibility index (Phi) is 11.0.